The number of carbonyl (C=O) groups is 2. The topological polar surface area (TPSA) is 85.6 Å². The lowest BCUT2D eigenvalue weighted by Crippen LogP contribution is -2.30. The van der Waals surface area contributed by atoms with Crippen LogP contribution in [-0.2, 0) is 9.53 Å². The van der Waals surface area contributed by atoms with Gasteiger partial charge in [-0.2, -0.15) is 0 Å². The molecule has 0 atom stereocenters. The summed E-state index contributed by atoms with van der Waals surface area (Å²) in [5.74, 6) is -0.798. The molecule has 1 aromatic heterocycles. The second kappa shape index (κ2) is 7.58. The van der Waals surface area contributed by atoms with Gasteiger partial charge in [-0.05, 0) is 24.5 Å². The Kier molecular flexibility index (Phi) is 5.51. The fourth-order valence-electron chi connectivity index (χ4n) is 1.96. The maximum absolute atomic E-state index is 11.9. The molecule has 1 aromatic carbocycles. The van der Waals surface area contributed by atoms with Crippen LogP contribution in [0, 0.1) is 5.92 Å². The Labute approximate surface area is 133 Å². The van der Waals surface area contributed by atoms with Gasteiger partial charge in [0.25, 0.3) is 5.91 Å². The maximum Gasteiger partial charge on any atom is 0.351 e. The monoisotopic (exact) mass is 317 g/mol. The van der Waals surface area contributed by atoms with Crippen molar-refractivity contribution in [2.24, 2.45) is 5.92 Å². The highest BCUT2D eigenvalue weighted by atomic mass is 16.5. The second-order valence-corrected chi connectivity index (χ2v) is 5.59. The first kappa shape index (κ1) is 16.7. The van der Waals surface area contributed by atoms with Crippen LogP contribution in [-0.4, -0.2) is 25.0 Å². The van der Waals surface area contributed by atoms with E-state index in [1.165, 1.54) is 6.07 Å². The van der Waals surface area contributed by atoms with E-state index in [-0.39, 0.29) is 5.56 Å². The molecule has 0 aliphatic heterocycles. The Morgan fingerprint density at radius 3 is 2.74 bits per heavy atom. The Morgan fingerprint density at radius 2 is 2.00 bits per heavy atom. The molecule has 0 spiro atoms. The standard InChI is InChI=1S/C17H19NO5/c1-11(2)7-8-18-15(19)10-22-16(20)13-9-12-5-3-4-6-14(12)23-17(13)21/h3-6,9,11H,7-8,10H2,1-2H3,(H,18,19). The van der Waals surface area contributed by atoms with E-state index in [9.17, 15) is 14.4 Å². The fourth-order valence-corrected chi connectivity index (χ4v) is 1.96. The summed E-state index contributed by atoms with van der Waals surface area (Å²) in [6.07, 6.45) is 0.841. The molecular formula is C17H19NO5. The Balaban J connectivity index is 1.97. The van der Waals surface area contributed by atoms with E-state index in [0.29, 0.717) is 23.4 Å². The molecule has 1 amide bonds. The lowest BCUT2D eigenvalue weighted by molar-refractivity contribution is -0.124. The summed E-state index contributed by atoms with van der Waals surface area (Å²) in [6, 6.07) is 8.24. The summed E-state index contributed by atoms with van der Waals surface area (Å²) >= 11 is 0. The molecule has 2 aromatic rings. The molecule has 0 radical (unpaired) electrons. The average molecular weight is 317 g/mol. The van der Waals surface area contributed by atoms with Crippen LogP contribution in [0.2, 0.25) is 0 Å². The van der Waals surface area contributed by atoms with Gasteiger partial charge in [-0.15, -0.1) is 0 Å². The van der Waals surface area contributed by atoms with Crippen molar-refractivity contribution in [1.29, 1.82) is 0 Å². The maximum atomic E-state index is 11.9. The van der Waals surface area contributed by atoms with E-state index in [2.05, 4.69) is 5.32 Å². The summed E-state index contributed by atoms with van der Waals surface area (Å²) in [5, 5.41) is 3.26. The van der Waals surface area contributed by atoms with E-state index >= 15 is 0 Å². The van der Waals surface area contributed by atoms with E-state index in [1.807, 2.05) is 13.8 Å². The molecule has 0 bridgehead atoms. The molecule has 0 fully saturated rings. The van der Waals surface area contributed by atoms with Crippen LogP contribution < -0.4 is 10.9 Å². The van der Waals surface area contributed by atoms with Crippen molar-refractivity contribution in [3.8, 4) is 0 Å². The van der Waals surface area contributed by atoms with Crippen LogP contribution in [0.15, 0.2) is 39.5 Å². The largest absolute Gasteiger partial charge is 0.452 e. The first-order valence-corrected chi connectivity index (χ1v) is 7.44. The number of nitrogens with one attached hydrogen (secondary N) is 1. The molecule has 0 saturated carbocycles. The number of amides is 1. The van der Waals surface area contributed by atoms with Crippen molar-refractivity contribution in [1.82, 2.24) is 5.32 Å². The minimum atomic E-state index is -0.872. The molecule has 0 aliphatic carbocycles. The van der Waals surface area contributed by atoms with Crippen molar-refractivity contribution < 1.29 is 18.7 Å². The minimum Gasteiger partial charge on any atom is -0.452 e. The van der Waals surface area contributed by atoms with Gasteiger partial charge in [-0.25, -0.2) is 9.59 Å². The SMILES string of the molecule is CC(C)CCNC(=O)COC(=O)c1cc2ccccc2oc1=O. The van der Waals surface area contributed by atoms with Gasteiger partial charge < -0.3 is 14.5 Å². The van der Waals surface area contributed by atoms with Crippen molar-refractivity contribution in [2.75, 3.05) is 13.2 Å². The molecule has 2 rings (SSSR count). The van der Waals surface area contributed by atoms with Crippen molar-refractivity contribution in [3.63, 3.8) is 0 Å². The van der Waals surface area contributed by atoms with E-state index in [1.54, 1.807) is 24.3 Å². The van der Waals surface area contributed by atoms with Crippen molar-refractivity contribution in [2.45, 2.75) is 20.3 Å². The third-order valence-electron chi connectivity index (χ3n) is 3.24. The van der Waals surface area contributed by atoms with Gasteiger partial charge in [0.2, 0.25) is 0 Å². The molecule has 6 heteroatoms. The molecule has 1 N–H and O–H groups in total. The van der Waals surface area contributed by atoms with Crippen LogP contribution in [0.5, 0.6) is 0 Å². The van der Waals surface area contributed by atoms with Crippen LogP contribution >= 0.6 is 0 Å². The third-order valence-corrected chi connectivity index (χ3v) is 3.24. The van der Waals surface area contributed by atoms with Crippen LogP contribution in [0.25, 0.3) is 11.0 Å². The number of benzene rings is 1. The average Bonchev–Trinajstić information content (AvgIpc) is 2.51. The number of hydrogen-bond acceptors (Lipinski definition) is 5. The lowest BCUT2D eigenvalue weighted by atomic mass is 10.1. The van der Waals surface area contributed by atoms with Crippen LogP contribution in [0.3, 0.4) is 0 Å². The number of rotatable bonds is 6. The van der Waals surface area contributed by atoms with Gasteiger partial charge in [0.15, 0.2) is 6.61 Å². The number of hydrogen-bond donors (Lipinski definition) is 1. The van der Waals surface area contributed by atoms with E-state index < -0.39 is 24.1 Å². The molecule has 0 saturated heterocycles. The summed E-state index contributed by atoms with van der Waals surface area (Å²) < 4.78 is 9.92. The quantitative estimate of drug-likeness (QED) is 0.651. The predicted octanol–water partition coefficient (Wildman–Crippen LogP) is 2.11. The van der Waals surface area contributed by atoms with Crippen LogP contribution in [0.4, 0.5) is 0 Å². The van der Waals surface area contributed by atoms with Gasteiger partial charge in [0.05, 0.1) is 0 Å². The third kappa shape index (κ3) is 4.67. The summed E-state index contributed by atoms with van der Waals surface area (Å²) in [5.41, 5.74) is -0.618. The highest BCUT2D eigenvalue weighted by Crippen LogP contribution is 2.13. The van der Waals surface area contributed by atoms with Gasteiger partial charge >= 0.3 is 11.6 Å². The number of para-hydroxylation sites is 1. The zero-order chi connectivity index (χ0) is 16.8. The molecule has 0 unspecified atom stereocenters. The van der Waals surface area contributed by atoms with Gasteiger partial charge in [0, 0.05) is 11.9 Å². The smallest absolute Gasteiger partial charge is 0.351 e. The lowest BCUT2D eigenvalue weighted by Gasteiger charge is -2.08. The predicted molar refractivity (Wildman–Crippen MR) is 85.2 cm³/mol. The molecule has 1 heterocycles. The zero-order valence-corrected chi connectivity index (χ0v) is 13.1. The number of carbonyl (C=O) groups excluding carboxylic acids is 2. The molecule has 122 valence electrons. The van der Waals surface area contributed by atoms with Crippen molar-refractivity contribution >= 4 is 22.8 Å². The molecule has 0 aliphatic rings. The second-order valence-electron chi connectivity index (χ2n) is 5.59. The van der Waals surface area contributed by atoms with Gasteiger partial charge in [-0.1, -0.05) is 32.0 Å². The van der Waals surface area contributed by atoms with E-state index in [0.717, 1.165) is 6.42 Å². The Bertz CT molecular complexity index is 763. The number of esters is 1. The normalized spacial score (nSPS) is 10.7. The minimum absolute atomic E-state index is 0.223. The summed E-state index contributed by atoms with van der Waals surface area (Å²) in [7, 11) is 0. The Morgan fingerprint density at radius 1 is 1.26 bits per heavy atom. The first-order valence-electron chi connectivity index (χ1n) is 7.44. The molecule has 23 heavy (non-hydrogen) atoms. The molecular weight excluding hydrogens is 298 g/mol. The van der Waals surface area contributed by atoms with Gasteiger partial charge in [-0.3, -0.25) is 4.79 Å². The summed E-state index contributed by atoms with van der Waals surface area (Å²) in [4.78, 5) is 35.3. The number of ether oxygens (including phenoxy) is 1. The number of fused-ring (bicyclic) bond motifs is 1. The van der Waals surface area contributed by atoms with Crippen molar-refractivity contribution in [3.05, 3.63) is 46.3 Å². The van der Waals surface area contributed by atoms with Crippen LogP contribution in [0.1, 0.15) is 30.6 Å². The zero-order valence-electron chi connectivity index (χ0n) is 13.1. The summed E-state index contributed by atoms with van der Waals surface area (Å²) in [6.45, 7) is 4.19. The Hall–Kier alpha value is -2.63. The fraction of sp³-hybridized carbons (Fsp3) is 0.353. The highest BCUT2D eigenvalue weighted by molar-refractivity contribution is 5.94. The first-order chi connectivity index (χ1) is 11.0. The highest BCUT2D eigenvalue weighted by Gasteiger charge is 2.16. The van der Waals surface area contributed by atoms with E-state index in [4.69, 9.17) is 9.15 Å². The van der Waals surface area contributed by atoms with Gasteiger partial charge in [0.1, 0.15) is 11.1 Å². The molecule has 6 nitrogen and oxygen atoms in total.